The van der Waals surface area contributed by atoms with E-state index in [9.17, 15) is 0 Å². The normalized spacial score (nSPS) is 16.8. The maximum atomic E-state index is 5.30. The van der Waals surface area contributed by atoms with Gasteiger partial charge in [-0.1, -0.05) is 13.0 Å². The van der Waals surface area contributed by atoms with E-state index in [1.165, 1.54) is 5.56 Å². The van der Waals surface area contributed by atoms with E-state index in [1.54, 1.807) is 14.2 Å². The van der Waals surface area contributed by atoms with Gasteiger partial charge in [0.05, 0.1) is 27.4 Å². The summed E-state index contributed by atoms with van der Waals surface area (Å²) in [7, 11) is 3.32. The molecule has 1 aromatic carbocycles. The lowest BCUT2D eigenvalue weighted by molar-refractivity contribution is -0.0988. The molecule has 1 aromatic rings. The molecule has 19 heavy (non-hydrogen) atoms. The number of methoxy groups -OCH3 is 2. The van der Waals surface area contributed by atoms with Crippen LogP contribution in [-0.4, -0.2) is 40.5 Å². The van der Waals surface area contributed by atoms with Gasteiger partial charge in [-0.15, -0.1) is 0 Å². The van der Waals surface area contributed by atoms with Crippen molar-refractivity contribution in [3.8, 4) is 11.5 Å². The van der Waals surface area contributed by atoms with Crippen LogP contribution in [0, 0.1) is 5.41 Å². The van der Waals surface area contributed by atoms with Gasteiger partial charge in [-0.25, -0.2) is 0 Å². The maximum Gasteiger partial charge on any atom is 0.160 e. The molecule has 1 saturated heterocycles. The lowest BCUT2D eigenvalue weighted by Crippen LogP contribution is -2.47. The first kappa shape index (κ1) is 14.2. The van der Waals surface area contributed by atoms with Crippen molar-refractivity contribution in [1.29, 1.82) is 0 Å². The largest absolute Gasteiger partial charge is 0.493 e. The second-order valence-electron chi connectivity index (χ2n) is 5.42. The van der Waals surface area contributed by atoms with Gasteiger partial charge >= 0.3 is 0 Å². The van der Waals surface area contributed by atoms with Crippen molar-refractivity contribution in [1.82, 2.24) is 5.32 Å². The molecule has 0 aromatic heterocycles. The number of rotatable bonds is 7. The first-order valence-electron chi connectivity index (χ1n) is 6.66. The van der Waals surface area contributed by atoms with E-state index in [0.717, 1.165) is 44.2 Å². The van der Waals surface area contributed by atoms with Gasteiger partial charge in [0.15, 0.2) is 11.5 Å². The molecule has 0 bridgehead atoms. The molecule has 0 amide bonds. The summed E-state index contributed by atoms with van der Waals surface area (Å²) in [6.45, 7) is 5.97. The highest BCUT2D eigenvalue weighted by Gasteiger charge is 2.32. The van der Waals surface area contributed by atoms with Gasteiger partial charge < -0.3 is 19.5 Å². The molecule has 1 aliphatic rings. The summed E-state index contributed by atoms with van der Waals surface area (Å²) in [5.74, 6) is 1.57. The Morgan fingerprint density at radius 2 is 1.95 bits per heavy atom. The van der Waals surface area contributed by atoms with Crippen molar-refractivity contribution in [3.05, 3.63) is 23.8 Å². The molecule has 0 radical (unpaired) electrons. The summed E-state index contributed by atoms with van der Waals surface area (Å²) in [6, 6.07) is 6.07. The van der Waals surface area contributed by atoms with E-state index in [-0.39, 0.29) is 0 Å². The molecular weight excluding hydrogens is 242 g/mol. The Morgan fingerprint density at radius 1 is 1.21 bits per heavy atom. The summed E-state index contributed by atoms with van der Waals surface area (Å²) in [5, 5.41) is 3.49. The van der Waals surface area contributed by atoms with E-state index < -0.39 is 0 Å². The highest BCUT2D eigenvalue weighted by molar-refractivity contribution is 5.42. The number of benzene rings is 1. The van der Waals surface area contributed by atoms with Crippen molar-refractivity contribution >= 4 is 0 Å². The molecule has 0 atom stereocenters. The van der Waals surface area contributed by atoms with Crippen LogP contribution >= 0.6 is 0 Å². The second-order valence-corrected chi connectivity index (χ2v) is 5.42. The number of hydrogen-bond donors (Lipinski definition) is 1. The zero-order valence-corrected chi connectivity index (χ0v) is 12.0. The van der Waals surface area contributed by atoms with Crippen LogP contribution in [0.25, 0.3) is 0 Å². The third kappa shape index (κ3) is 3.61. The molecule has 1 N–H and O–H groups in total. The van der Waals surface area contributed by atoms with Crippen LogP contribution in [0.15, 0.2) is 18.2 Å². The monoisotopic (exact) mass is 265 g/mol. The topological polar surface area (TPSA) is 39.7 Å². The first-order valence-corrected chi connectivity index (χ1v) is 6.66. The molecule has 0 saturated carbocycles. The van der Waals surface area contributed by atoms with Crippen LogP contribution < -0.4 is 14.8 Å². The molecule has 4 nitrogen and oxygen atoms in total. The highest BCUT2D eigenvalue weighted by Crippen LogP contribution is 2.28. The van der Waals surface area contributed by atoms with Crippen LogP contribution in [0.2, 0.25) is 0 Å². The Hall–Kier alpha value is -1.26. The van der Waals surface area contributed by atoms with E-state index >= 15 is 0 Å². The standard InChI is InChI=1S/C15H23NO3/c1-15(10-19-11-15)9-16-7-6-12-4-5-13(17-2)14(8-12)18-3/h4-5,8,16H,6-7,9-11H2,1-3H3. The van der Waals surface area contributed by atoms with Crippen LogP contribution in [0.1, 0.15) is 12.5 Å². The molecule has 4 heteroatoms. The average Bonchev–Trinajstić information content (AvgIpc) is 2.41. The van der Waals surface area contributed by atoms with E-state index in [0.29, 0.717) is 5.41 Å². The zero-order valence-electron chi connectivity index (χ0n) is 12.0. The Balaban J connectivity index is 1.79. The van der Waals surface area contributed by atoms with Crippen LogP contribution in [-0.2, 0) is 11.2 Å². The predicted molar refractivity (Wildman–Crippen MR) is 75.0 cm³/mol. The molecular formula is C15H23NO3. The third-order valence-corrected chi connectivity index (χ3v) is 3.49. The molecule has 0 spiro atoms. The fraction of sp³-hybridized carbons (Fsp3) is 0.600. The van der Waals surface area contributed by atoms with Gasteiger partial charge in [-0.2, -0.15) is 0 Å². The summed E-state index contributed by atoms with van der Waals surface area (Å²) in [6.07, 6.45) is 0.983. The predicted octanol–water partition coefficient (Wildman–Crippen LogP) is 1.87. The van der Waals surface area contributed by atoms with E-state index in [2.05, 4.69) is 18.3 Å². The minimum absolute atomic E-state index is 0.331. The number of hydrogen-bond acceptors (Lipinski definition) is 4. The second kappa shape index (κ2) is 6.26. The SMILES string of the molecule is COc1ccc(CCNCC2(C)COC2)cc1OC. The van der Waals surface area contributed by atoms with Crippen molar-refractivity contribution in [2.24, 2.45) is 5.41 Å². The van der Waals surface area contributed by atoms with E-state index in [1.807, 2.05) is 12.1 Å². The smallest absolute Gasteiger partial charge is 0.160 e. The molecule has 1 aliphatic heterocycles. The molecule has 1 heterocycles. The summed E-state index contributed by atoms with van der Waals surface area (Å²) < 4.78 is 15.8. The summed E-state index contributed by atoms with van der Waals surface area (Å²) >= 11 is 0. The first-order chi connectivity index (χ1) is 9.17. The average molecular weight is 265 g/mol. The van der Waals surface area contributed by atoms with Crippen molar-refractivity contribution in [3.63, 3.8) is 0 Å². The number of ether oxygens (including phenoxy) is 3. The van der Waals surface area contributed by atoms with Crippen LogP contribution in [0.4, 0.5) is 0 Å². The van der Waals surface area contributed by atoms with Gasteiger partial charge in [0.25, 0.3) is 0 Å². The third-order valence-electron chi connectivity index (χ3n) is 3.49. The molecule has 2 rings (SSSR count). The van der Waals surface area contributed by atoms with Crippen molar-refractivity contribution in [2.75, 3.05) is 40.5 Å². The Bertz CT molecular complexity index is 416. The lowest BCUT2D eigenvalue weighted by Gasteiger charge is -2.38. The maximum absolute atomic E-state index is 5.30. The van der Waals surface area contributed by atoms with Gasteiger partial charge in [0, 0.05) is 12.0 Å². The Morgan fingerprint density at radius 3 is 2.53 bits per heavy atom. The summed E-state index contributed by atoms with van der Waals surface area (Å²) in [4.78, 5) is 0. The lowest BCUT2D eigenvalue weighted by atomic mass is 9.89. The highest BCUT2D eigenvalue weighted by atomic mass is 16.5. The fourth-order valence-electron chi connectivity index (χ4n) is 2.21. The van der Waals surface area contributed by atoms with Gasteiger partial charge in [0.1, 0.15) is 0 Å². The fourth-order valence-corrected chi connectivity index (χ4v) is 2.21. The van der Waals surface area contributed by atoms with Gasteiger partial charge in [-0.05, 0) is 30.7 Å². The van der Waals surface area contributed by atoms with Gasteiger partial charge in [-0.3, -0.25) is 0 Å². The Kier molecular flexibility index (Phi) is 4.66. The van der Waals surface area contributed by atoms with Crippen molar-refractivity contribution < 1.29 is 14.2 Å². The zero-order chi connectivity index (χ0) is 13.7. The molecule has 0 aliphatic carbocycles. The summed E-state index contributed by atoms with van der Waals surface area (Å²) in [5.41, 5.74) is 1.58. The minimum Gasteiger partial charge on any atom is -0.493 e. The van der Waals surface area contributed by atoms with Crippen LogP contribution in [0.3, 0.4) is 0 Å². The molecule has 106 valence electrons. The molecule has 0 unspecified atom stereocenters. The quantitative estimate of drug-likeness (QED) is 0.764. The van der Waals surface area contributed by atoms with E-state index in [4.69, 9.17) is 14.2 Å². The molecule has 1 fully saturated rings. The Labute approximate surface area is 115 Å². The van der Waals surface area contributed by atoms with Gasteiger partial charge in [0.2, 0.25) is 0 Å². The van der Waals surface area contributed by atoms with Crippen LogP contribution in [0.5, 0.6) is 11.5 Å². The minimum atomic E-state index is 0.331. The van der Waals surface area contributed by atoms with Crippen molar-refractivity contribution in [2.45, 2.75) is 13.3 Å². The number of nitrogens with one attached hydrogen (secondary N) is 1.